The maximum Gasteiger partial charge on any atom is 0.335 e. The summed E-state index contributed by atoms with van der Waals surface area (Å²) in [5.74, 6) is -0.938. The molecule has 0 aliphatic rings. The zero-order valence-electron chi connectivity index (χ0n) is 10.1. The van der Waals surface area contributed by atoms with Gasteiger partial charge in [-0.1, -0.05) is 18.2 Å². The van der Waals surface area contributed by atoms with Gasteiger partial charge >= 0.3 is 5.97 Å². The molecule has 4 nitrogen and oxygen atoms in total. The number of hydrogen-bond acceptors (Lipinski definition) is 3. The minimum atomic E-state index is -0.938. The van der Waals surface area contributed by atoms with Crippen molar-refractivity contribution in [3.63, 3.8) is 0 Å². The van der Waals surface area contributed by atoms with Gasteiger partial charge in [-0.25, -0.2) is 4.79 Å². The van der Waals surface area contributed by atoms with Crippen LogP contribution in [0.2, 0.25) is 0 Å². The highest BCUT2D eigenvalue weighted by molar-refractivity contribution is 5.89. The Bertz CT molecular complexity index is 373. The molecule has 0 aliphatic carbocycles. The molecule has 0 saturated heterocycles. The number of aliphatic hydroxyl groups excluding tert-OH is 1. The fourth-order valence-electron chi connectivity index (χ4n) is 1.80. The molecule has 0 amide bonds. The molecule has 0 saturated carbocycles. The van der Waals surface area contributed by atoms with Crippen LogP contribution in [-0.4, -0.2) is 35.5 Å². The average molecular weight is 238 g/mol. The Morgan fingerprint density at radius 3 is 2.59 bits per heavy atom. The molecule has 17 heavy (non-hydrogen) atoms. The SMILES string of the molecule is COC(Cc1ccccc1C(=O)O)CC(C)O. The lowest BCUT2D eigenvalue weighted by molar-refractivity contribution is 0.0516. The first-order chi connectivity index (χ1) is 8.04. The number of carboxylic acid groups (broad SMARTS) is 1. The minimum absolute atomic E-state index is 0.171. The van der Waals surface area contributed by atoms with Gasteiger partial charge in [-0.3, -0.25) is 0 Å². The van der Waals surface area contributed by atoms with Crippen LogP contribution in [0.3, 0.4) is 0 Å². The number of rotatable bonds is 6. The van der Waals surface area contributed by atoms with Gasteiger partial charge in [0.05, 0.1) is 17.8 Å². The second-order valence-corrected chi connectivity index (χ2v) is 4.11. The van der Waals surface area contributed by atoms with Crippen molar-refractivity contribution in [1.29, 1.82) is 0 Å². The first kappa shape index (κ1) is 13.7. The molecule has 1 aromatic carbocycles. The van der Waals surface area contributed by atoms with E-state index in [0.717, 1.165) is 5.56 Å². The van der Waals surface area contributed by atoms with E-state index in [1.807, 2.05) is 0 Å². The van der Waals surface area contributed by atoms with Gasteiger partial charge in [-0.05, 0) is 31.4 Å². The summed E-state index contributed by atoms with van der Waals surface area (Å²) in [6.45, 7) is 1.69. The van der Waals surface area contributed by atoms with Gasteiger partial charge in [0.2, 0.25) is 0 Å². The molecule has 0 fully saturated rings. The predicted molar refractivity (Wildman–Crippen MR) is 64.2 cm³/mol. The third kappa shape index (κ3) is 4.17. The van der Waals surface area contributed by atoms with Crippen molar-refractivity contribution in [1.82, 2.24) is 0 Å². The molecule has 0 radical (unpaired) electrons. The zero-order valence-corrected chi connectivity index (χ0v) is 10.1. The summed E-state index contributed by atoms with van der Waals surface area (Å²) >= 11 is 0. The molecule has 4 heteroatoms. The lowest BCUT2D eigenvalue weighted by atomic mass is 9.99. The summed E-state index contributed by atoms with van der Waals surface area (Å²) < 4.78 is 5.25. The number of methoxy groups -OCH3 is 1. The maximum absolute atomic E-state index is 11.0. The quantitative estimate of drug-likeness (QED) is 0.791. The molecule has 0 aromatic heterocycles. The van der Waals surface area contributed by atoms with Crippen molar-refractivity contribution < 1.29 is 19.7 Å². The topological polar surface area (TPSA) is 66.8 Å². The molecule has 2 atom stereocenters. The van der Waals surface area contributed by atoms with Gasteiger partial charge < -0.3 is 14.9 Å². The smallest absolute Gasteiger partial charge is 0.335 e. The second kappa shape index (κ2) is 6.37. The average Bonchev–Trinajstić information content (AvgIpc) is 2.28. The van der Waals surface area contributed by atoms with E-state index in [0.29, 0.717) is 18.4 Å². The third-order valence-electron chi connectivity index (χ3n) is 2.63. The number of benzene rings is 1. The van der Waals surface area contributed by atoms with Crippen LogP contribution in [0.25, 0.3) is 0 Å². The first-order valence-electron chi connectivity index (χ1n) is 5.56. The minimum Gasteiger partial charge on any atom is -0.478 e. The van der Waals surface area contributed by atoms with Crippen molar-refractivity contribution in [3.05, 3.63) is 35.4 Å². The molecule has 0 bridgehead atoms. The van der Waals surface area contributed by atoms with E-state index < -0.39 is 12.1 Å². The number of ether oxygens (including phenoxy) is 1. The molecule has 2 unspecified atom stereocenters. The van der Waals surface area contributed by atoms with Crippen LogP contribution in [0.15, 0.2) is 24.3 Å². The normalized spacial score (nSPS) is 14.3. The fourth-order valence-corrected chi connectivity index (χ4v) is 1.80. The highest BCUT2D eigenvalue weighted by Gasteiger charge is 2.16. The number of carbonyl (C=O) groups is 1. The monoisotopic (exact) mass is 238 g/mol. The summed E-state index contributed by atoms with van der Waals surface area (Å²) in [5.41, 5.74) is 1.02. The van der Waals surface area contributed by atoms with Crippen molar-refractivity contribution in [3.8, 4) is 0 Å². The molecular weight excluding hydrogens is 220 g/mol. The Kier molecular flexibility index (Phi) is 5.12. The van der Waals surface area contributed by atoms with E-state index in [1.54, 1.807) is 38.3 Å². The standard InChI is InChI=1S/C13H18O4/c1-9(14)7-11(17-2)8-10-5-3-4-6-12(10)13(15)16/h3-6,9,11,14H,7-8H2,1-2H3,(H,15,16). The Morgan fingerprint density at radius 2 is 2.06 bits per heavy atom. The molecule has 0 heterocycles. The lowest BCUT2D eigenvalue weighted by Gasteiger charge is -2.17. The fraction of sp³-hybridized carbons (Fsp3) is 0.462. The van der Waals surface area contributed by atoms with E-state index in [9.17, 15) is 9.90 Å². The third-order valence-corrected chi connectivity index (χ3v) is 2.63. The summed E-state index contributed by atoms with van der Waals surface area (Å²) in [5, 5.41) is 18.4. The van der Waals surface area contributed by atoms with Gasteiger partial charge in [-0.2, -0.15) is 0 Å². The number of hydrogen-bond donors (Lipinski definition) is 2. The van der Waals surface area contributed by atoms with Crippen LogP contribution >= 0.6 is 0 Å². The van der Waals surface area contributed by atoms with Crippen LogP contribution in [0, 0.1) is 0 Å². The van der Waals surface area contributed by atoms with E-state index in [1.165, 1.54) is 0 Å². The van der Waals surface area contributed by atoms with Crippen molar-refractivity contribution >= 4 is 5.97 Å². The van der Waals surface area contributed by atoms with Gasteiger partial charge in [0.25, 0.3) is 0 Å². The molecule has 94 valence electrons. The molecule has 0 aliphatic heterocycles. The number of aliphatic hydroxyl groups is 1. The Labute approximate surface area is 101 Å². The molecule has 1 rings (SSSR count). The summed E-state index contributed by atoms with van der Waals surface area (Å²) in [4.78, 5) is 11.0. The molecular formula is C13H18O4. The number of carboxylic acids is 1. The highest BCUT2D eigenvalue weighted by Crippen LogP contribution is 2.15. The Hall–Kier alpha value is -1.39. The summed E-state index contributed by atoms with van der Waals surface area (Å²) in [7, 11) is 1.57. The van der Waals surface area contributed by atoms with Crippen molar-refractivity contribution in [2.45, 2.75) is 32.0 Å². The van der Waals surface area contributed by atoms with Crippen LogP contribution in [0.4, 0.5) is 0 Å². The lowest BCUT2D eigenvalue weighted by Crippen LogP contribution is -2.21. The molecule has 0 spiro atoms. The van der Waals surface area contributed by atoms with Crippen molar-refractivity contribution in [2.75, 3.05) is 7.11 Å². The summed E-state index contributed by atoms with van der Waals surface area (Å²) in [6.07, 6.45) is 0.348. The molecule has 2 N–H and O–H groups in total. The van der Waals surface area contributed by atoms with E-state index >= 15 is 0 Å². The number of aromatic carboxylic acids is 1. The van der Waals surface area contributed by atoms with Gasteiger partial charge in [-0.15, -0.1) is 0 Å². The van der Waals surface area contributed by atoms with Gasteiger partial charge in [0, 0.05) is 7.11 Å². The zero-order chi connectivity index (χ0) is 12.8. The maximum atomic E-state index is 11.0. The molecule has 1 aromatic rings. The van der Waals surface area contributed by atoms with Crippen LogP contribution in [0.5, 0.6) is 0 Å². The highest BCUT2D eigenvalue weighted by atomic mass is 16.5. The van der Waals surface area contributed by atoms with Gasteiger partial charge in [0.1, 0.15) is 0 Å². The van der Waals surface area contributed by atoms with E-state index in [2.05, 4.69) is 0 Å². The Morgan fingerprint density at radius 1 is 1.41 bits per heavy atom. The van der Waals surface area contributed by atoms with Crippen LogP contribution < -0.4 is 0 Å². The van der Waals surface area contributed by atoms with Crippen LogP contribution in [0.1, 0.15) is 29.3 Å². The van der Waals surface area contributed by atoms with Crippen molar-refractivity contribution in [2.24, 2.45) is 0 Å². The second-order valence-electron chi connectivity index (χ2n) is 4.11. The summed E-state index contributed by atoms with van der Waals surface area (Å²) in [6, 6.07) is 6.85. The Balaban J connectivity index is 2.82. The van der Waals surface area contributed by atoms with Gasteiger partial charge in [0.15, 0.2) is 0 Å². The van der Waals surface area contributed by atoms with Crippen LogP contribution in [-0.2, 0) is 11.2 Å². The predicted octanol–water partition coefficient (Wildman–Crippen LogP) is 1.71. The van der Waals surface area contributed by atoms with E-state index in [-0.39, 0.29) is 6.10 Å². The largest absolute Gasteiger partial charge is 0.478 e. The van der Waals surface area contributed by atoms with E-state index in [4.69, 9.17) is 9.84 Å². The first-order valence-corrected chi connectivity index (χ1v) is 5.56.